The highest BCUT2D eigenvalue weighted by Gasteiger charge is 2.28. The molecular weight excluding hydrogens is 414 g/mol. The third-order valence-electron chi connectivity index (χ3n) is 4.48. The van der Waals surface area contributed by atoms with Crippen LogP contribution in [0.15, 0.2) is 47.4 Å². The molecule has 1 saturated heterocycles. The number of piperidine rings is 1. The summed E-state index contributed by atoms with van der Waals surface area (Å²) in [6.07, 6.45) is 2.64. The molecule has 9 heteroatoms. The molecule has 1 amide bonds. The number of hydrogen-bond donors (Lipinski definition) is 1. The number of ether oxygens (including phenoxy) is 1. The van der Waals surface area contributed by atoms with Crippen molar-refractivity contribution < 1.29 is 17.9 Å². The molecule has 2 aromatic rings. The summed E-state index contributed by atoms with van der Waals surface area (Å²) < 4.78 is 32.6. The fourth-order valence-electron chi connectivity index (χ4n) is 3.02. The molecule has 7 nitrogen and oxygen atoms in total. The van der Waals surface area contributed by atoms with Crippen LogP contribution in [-0.4, -0.2) is 38.3 Å². The second-order valence-corrected chi connectivity index (χ2v) is 8.90. The van der Waals surface area contributed by atoms with Crippen LogP contribution < -0.4 is 10.1 Å². The van der Waals surface area contributed by atoms with Gasteiger partial charge in [0.1, 0.15) is 10.6 Å². The Morgan fingerprint density at radius 1 is 1.17 bits per heavy atom. The van der Waals surface area contributed by atoms with E-state index in [4.69, 9.17) is 21.6 Å². The molecule has 0 radical (unpaired) electrons. The van der Waals surface area contributed by atoms with Crippen molar-refractivity contribution >= 4 is 33.2 Å². The Bertz CT molecular complexity index is 1040. The Labute approximate surface area is 174 Å². The minimum Gasteiger partial charge on any atom is -0.484 e. The molecule has 0 saturated carbocycles. The van der Waals surface area contributed by atoms with E-state index in [2.05, 4.69) is 5.32 Å². The van der Waals surface area contributed by atoms with Crippen LogP contribution in [0.25, 0.3) is 0 Å². The number of amides is 1. The average molecular weight is 434 g/mol. The lowest BCUT2D eigenvalue weighted by molar-refractivity contribution is -0.118. The summed E-state index contributed by atoms with van der Waals surface area (Å²) in [5.74, 6) is -0.0697. The zero-order valence-corrected chi connectivity index (χ0v) is 17.2. The largest absolute Gasteiger partial charge is 0.484 e. The lowest BCUT2D eigenvalue weighted by atomic mass is 10.2. The average Bonchev–Trinajstić information content (AvgIpc) is 2.74. The first-order valence-electron chi connectivity index (χ1n) is 9.12. The predicted molar refractivity (Wildman–Crippen MR) is 109 cm³/mol. The summed E-state index contributed by atoms with van der Waals surface area (Å²) in [6, 6.07) is 12.8. The van der Waals surface area contributed by atoms with Gasteiger partial charge in [0, 0.05) is 18.8 Å². The maximum Gasteiger partial charge on any atom is 0.262 e. The topological polar surface area (TPSA) is 99.5 Å². The number of rotatable bonds is 6. The van der Waals surface area contributed by atoms with E-state index in [1.165, 1.54) is 28.6 Å². The number of carbonyl (C=O) groups is 1. The molecule has 0 spiro atoms. The molecule has 1 aliphatic heterocycles. The van der Waals surface area contributed by atoms with Crippen molar-refractivity contribution in [1.29, 1.82) is 5.26 Å². The second kappa shape index (κ2) is 9.27. The van der Waals surface area contributed by atoms with Crippen molar-refractivity contribution in [2.45, 2.75) is 24.2 Å². The molecule has 0 aromatic heterocycles. The molecule has 152 valence electrons. The van der Waals surface area contributed by atoms with Crippen LogP contribution in [0.3, 0.4) is 0 Å². The molecule has 1 heterocycles. The molecule has 0 atom stereocenters. The van der Waals surface area contributed by atoms with E-state index in [1.54, 1.807) is 18.2 Å². The lowest BCUT2D eigenvalue weighted by Crippen LogP contribution is -2.35. The predicted octanol–water partition coefficient (Wildman–Crippen LogP) is 3.40. The standard InChI is InChI=1S/C20H20ClN3O4S/c21-18-8-7-16(12-19(18)29(26,27)24-9-2-1-3-10-24)23-20(25)14-28-17-6-4-5-15(11-17)13-22/h4-8,11-12H,1-3,9-10,14H2,(H,23,25). The van der Waals surface area contributed by atoms with Gasteiger partial charge in [0.2, 0.25) is 10.0 Å². The molecule has 2 aromatic carbocycles. The third-order valence-corrected chi connectivity index (χ3v) is 6.86. The van der Waals surface area contributed by atoms with E-state index in [0.29, 0.717) is 30.1 Å². The fraction of sp³-hybridized carbons (Fsp3) is 0.300. The summed E-state index contributed by atoms with van der Waals surface area (Å²) in [5.41, 5.74) is 0.734. The molecule has 29 heavy (non-hydrogen) atoms. The Hall–Kier alpha value is -2.60. The van der Waals surface area contributed by atoms with Crippen LogP contribution in [0.5, 0.6) is 5.75 Å². The molecule has 1 aliphatic rings. The number of sulfonamides is 1. The zero-order valence-electron chi connectivity index (χ0n) is 15.6. The molecule has 0 bridgehead atoms. The van der Waals surface area contributed by atoms with Crippen LogP contribution in [0.1, 0.15) is 24.8 Å². The Morgan fingerprint density at radius 2 is 1.93 bits per heavy atom. The van der Waals surface area contributed by atoms with Gasteiger partial charge in [-0.15, -0.1) is 0 Å². The second-order valence-electron chi connectivity index (χ2n) is 6.59. The number of benzene rings is 2. The molecular formula is C20H20ClN3O4S. The SMILES string of the molecule is N#Cc1cccc(OCC(=O)Nc2ccc(Cl)c(S(=O)(=O)N3CCCCC3)c2)c1. The minimum absolute atomic E-state index is 0.0264. The van der Waals surface area contributed by atoms with Crippen molar-refractivity contribution in [2.24, 2.45) is 0 Å². The normalized spacial score (nSPS) is 14.8. The van der Waals surface area contributed by atoms with E-state index >= 15 is 0 Å². The Balaban J connectivity index is 1.69. The van der Waals surface area contributed by atoms with Gasteiger partial charge in [-0.1, -0.05) is 24.1 Å². The van der Waals surface area contributed by atoms with Gasteiger partial charge in [-0.05, 0) is 49.2 Å². The summed E-state index contributed by atoms with van der Waals surface area (Å²) in [7, 11) is -3.73. The number of nitriles is 1. The van der Waals surface area contributed by atoms with Gasteiger partial charge in [-0.3, -0.25) is 4.79 Å². The van der Waals surface area contributed by atoms with Crippen LogP contribution >= 0.6 is 11.6 Å². The summed E-state index contributed by atoms with van der Waals surface area (Å²) in [5, 5.41) is 11.6. The Kier molecular flexibility index (Phi) is 6.75. The Morgan fingerprint density at radius 3 is 2.66 bits per heavy atom. The minimum atomic E-state index is -3.73. The maximum atomic E-state index is 12.9. The zero-order chi connectivity index (χ0) is 20.9. The first-order valence-corrected chi connectivity index (χ1v) is 10.9. The third kappa shape index (κ3) is 5.26. The summed E-state index contributed by atoms with van der Waals surface area (Å²) in [6.45, 7) is 0.640. The molecule has 0 aliphatic carbocycles. The molecule has 1 N–H and O–H groups in total. The van der Waals surface area contributed by atoms with Crippen molar-refractivity contribution in [1.82, 2.24) is 4.31 Å². The monoisotopic (exact) mass is 433 g/mol. The first kappa shape index (κ1) is 21.1. The number of carbonyl (C=O) groups excluding carboxylic acids is 1. The first-order chi connectivity index (χ1) is 13.9. The summed E-state index contributed by atoms with van der Waals surface area (Å²) in [4.78, 5) is 12.2. The number of anilines is 1. The van der Waals surface area contributed by atoms with E-state index in [-0.39, 0.29) is 16.5 Å². The highest BCUT2D eigenvalue weighted by molar-refractivity contribution is 7.89. The van der Waals surface area contributed by atoms with Crippen LogP contribution in [0, 0.1) is 11.3 Å². The van der Waals surface area contributed by atoms with Crippen molar-refractivity contribution in [3.8, 4) is 11.8 Å². The van der Waals surface area contributed by atoms with E-state index in [9.17, 15) is 13.2 Å². The number of nitrogens with one attached hydrogen (secondary N) is 1. The quantitative estimate of drug-likeness (QED) is 0.752. The van der Waals surface area contributed by atoms with Gasteiger partial charge < -0.3 is 10.1 Å². The van der Waals surface area contributed by atoms with Crippen LogP contribution in [-0.2, 0) is 14.8 Å². The smallest absolute Gasteiger partial charge is 0.262 e. The fourth-order valence-corrected chi connectivity index (χ4v) is 5.04. The highest BCUT2D eigenvalue weighted by Crippen LogP contribution is 2.29. The van der Waals surface area contributed by atoms with Gasteiger partial charge in [-0.2, -0.15) is 9.57 Å². The van der Waals surface area contributed by atoms with E-state index in [1.807, 2.05) is 6.07 Å². The van der Waals surface area contributed by atoms with Gasteiger partial charge in [0.15, 0.2) is 6.61 Å². The maximum absolute atomic E-state index is 12.9. The molecule has 0 unspecified atom stereocenters. The van der Waals surface area contributed by atoms with Crippen molar-refractivity contribution in [3.05, 3.63) is 53.1 Å². The number of halogens is 1. The van der Waals surface area contributed by atoms with Gasteiger partial charge in [-0.25, -0.2) is 8.42 Å². The summed E-state index contributed by atoms with van der Waals surface area (Å²) >= 11 is 6.14. The van der Waals surface area contributed by atoms with Gasteiger partial charge in [0.25, 0.3) is 5.91 Å². The number of hydrogen-bond acceptors (Lipinski definition) is 5. The molecule has 3 rings (SSSR count). The van der Waals surface area contributed by atoms with Crippen LogP contribution in [0.2, 0.25) is 5.02 Å². The number of nitrogens with zero attached hydrogens (tertiary/aromatic N) is 2. The van der Waals surface area contributed by atoms with E-state index < -0.39 is 15.9 Å². The lowest BCUT2D eigenvalue weighted by Gasteiger charge is -2.26. The van der Waals surface area contributed by atoms with Gasteiger partial charge in [0.05, 0.1) is 16.7 Å². The molecule has 1 fully saturated rings. The van der Waals surface area contributed by atoms with Crippen LogP contribution in [0.4, 0.5) is 5.69 Å². The van der Waals surface area contributed by atoms with Crippen molar-refractivity contribution in [2.75, 3.05) is 25.0 Å². The van der Waals surface area contributed by atoms with Gasteiger partial charge >= 0.3 is 0 Å². The van der Waals surface area contributed by atoms with Crippen molar-refractivity contribution in [3.63, 3.8) is 0 Å². The highest BCUT2D eigenvalue weighted by atomic mass is 35.5. The van der Waals surface area contributed by atoms with E-state index in [0.717, 1.165) is 19.3 Å².